The molecule has 0 amide bonds. The van der Waals surface area contributed by atoms with Gasteiger partial charge >= 0.3 is 0 Å². The Morgan fingerprint density at radius 2 is 1.02 bits per heavy atom. The quantitative estimate of drug-likeness (QED) is 0.180. The number of rotatable bonds is 3. The fourth-order valence-electron chi connectivity index (χ4n) is 9.73. The molecule has 14 rings (SSSR count). The van der Waals surface area contributed by atoms with E-state index in [-0.39, 0.29) is 0 Å². The first-order chi connectivity index (χ1) is 28.8. The molecule has 0 saturated heterocycles. The second-order valence-electron chi connectivity index (χ2n) is 15.2. The monoisotopic (exact) mass is 757 g/mol. The van der Waals surface area contributed by atoms with Crippen LogP contribution in [0.2, 0.25) is 0 Å². The first-order valence-electron chi connectivity index (χ1n) is 19.5. The molecule has 0 N–H and O–H groups in total. The van der Waals surface area contributed by atoms with E-state index in [1.807, 2.05) is 47.7 Å². The standard InChI is InChI=1S/C52H27N3O2S/c1-2-13-31-30(12-1)34(24-27-37(31)55-38-25-22-28-10-7-20-42-44(28)46(38)47-39(55)26-23-29-11-8-21-43(58-42)45(29)47)52-53-48-35-15-4-6-19-41(35)57-51(48)49(54-52)36-17-9-16-33-32-14-3-5-18-40(32)56-50(33)36/h1-27H. The third-order valence-corrected chi connectivity index (χ3v) is 13.3. The summed E-state index contributed by atoms with van der Waals surface area (Å²) in [6, 6.07) is 58.2. The van der Waals surface area contributed by atoms with Crippen LogP contribution in [0.3, 0.4) is 0 Å². The van der Waals surface area contributed by atoms with Crippen LogP contribution in [0.5, 0.6) is 0 Å². The lowest BCUT2D eigenvalue weighted by atomic mass is 10.00. The maximum Gasteiger partial charge on any atom is 0.180 e. The Balaban J connectivity index is 1.07. The predicted molar refractivity (Wildman–Crippen MR) is 241 cm³/mol. The molecule has 0 spiro atoms. The van der Waals surface area contributed by atoms with Crippen molar-refractivity contribution >= 4 is 119 Å². The van der Waals surface area contributed by atoms with Crippen LogP contribution in [0.15, 0.2) is 173 Å². The Bertz CT molecular complexity index is 3950. The molecule has 268 valence electrons. The highest BCUT2D eigenvalue weighted by molar-refractivity contribution is 7.24. The zero-order valence-electron chi connectivity index (χ0n) is 30.7. The summed E-state index contributed by atoms with van der Waals surface area (Å²) < 4.78 is 18.2. The maximum atomic E-state index is 6.59. The third-order valence-electron chi connectivity index (χ3n) is 12.2. The molecule has 6 heteroatoms. The van der Waals surface area contributed by atoms with Gasteiger partial charge in [0.15, 0.2) is 11.4 Å². The van der Waals surface area contributed by atoms with Gasteiger partial charge in [-0.05, 0) is 76.8 Å². The van der Waals surface area contributed by atoms with Gasteiger partial charge in [-0.1, -0.05) is 103 Å². The van der Waals surface area contributed by atoms with Crippen LogP contribution in [0.1, 0.15) is 0 Å². The van der Waals surface area contributed by atoms with Gasteiger partial charge in [-0.15, -0.1) is 11.3 Å². The Labute approximate surface area is 332 Å². The molecule has 9 aromatic carbocycles. The number of fused-ring (bicyclic) bond motifs is 7. The molecular formula is C52H27N3O2S. The van der Waals surface area contributed by atoms with Gasteiger partial charge in [0.05, 0.1) is 16.7 Å². The van der Waals surface area contributed by atoms with E-state index in [0.717, 1.165) is 66.0 Å². The minimum Gasteiger partial charge on any atom is -0.455 e. The number of hydrogen-bond acceptors (Lipinski definition) is 5. The molecule has 5 nitrogen and oxygen atoms in total. The minimum atomic E-state index is 0.629. The number of benzene rings is 9. The van der Waals surface area contributed by atoms with Crippen LogP contribution >= 0.6 is 11.3 Å². The summed E-state index contributed by atoms with van der Waals surface area (Å²) in [5.74, 6) is 0.629. The summed E-state index contributed by atoms with van der Waals surface area (Å²) in [4.78, 5) is 10.7. The van der Waals surface area contributed by atoms with Gasteiger partial charge in [0.25, 0.3) is 0 Å². The average Bonchev–Trinajstić information content (AvgIpc) is 3.92. The molecule has 0 saturated carbocycles. The fraction of sp³-hybridized carbons (Fsp3) is 0. The maximum absolute atomic E-state index is 6.59. The largest absolute Gasteiger partial charge is 0.455 e. The van der Waals surface area contributed by atoms with E-state index in [0.29, 0.717) is 17.1 Å². The number of furan rings is 2. The van der Waals surface area contributed by atoms with Gasteiger partial charge in [-0.3, -0.25) is 0 Å². The van der Waals surface area contributed by atoms with Crippen LogP contribution < -0.4 is 0 Å². The highest BCUT2D eigenvalue weighted by Crippen LogP contribution is 2.48. The lowest BCUT2D eigenvalue weighted by molar-refractivity contribution is 0.663. The second-order valence-corrected chi connectivity index (χ2v) is 16.3. The van der Waals surface area contributed by atoms with Crippen molar-refractivity contribution in [1.82, 2.24) is 14.5 Å². The summed E-state index contributed by atoms with van der Waals surface area (Å²) in [7, 11) is 0. The van der Waals surface area contributed by atoms with E-state index in [1.165, 1.54) is 52.8 Å². The average molecular weight is 758 g/mol. The van der Waals surface area contributed by atoms with Crippen LogP contribution in [0.4, 0.5) is 0 Å². The van der Waals surface area contributed by atoms with E-state index in [4.69, 9.17) is 18.8 Å². The molecular weight excluding hydrogens is 731 g/mol. The van der Waals surface area contributed by atoms with Crippen molar-refractivity contribution < 1.29 is 8.83 Å². The minimum absolute atomic E-state index is 0.629. The number of aromatic nitrogens is 3. The molecule has 5 heterocycles. The van der Waals surface area contributed by atoms with Crippen molar-refractivity contribution in [3.8, 4) is 28.3 Å². The molecule has 0 fully saturated rings. The predicted octanol–water partition coefficient (Wildman–Crippen LogP) is 14.8. The van der Waals surface area contributed by atoms with E-state index < -0.39 is 0 Å². The van der Waals surface area contributed by atoms with Gasteiger partial charge in [0.2, 0.25) is 0 Å². The summed E-state index contributed by atoms with van der Waals surface area (Å²) >= 11 is 1.88. The van der Waals surface area contributed by atoms with Gasteiger partial charge in [0, 0.05) is 63.6 Å². The van der Waals surface area contributed by atoms with Crippen LogP contribution in [-0.2, 0) is 0 Å². The van der Waals surface area contributed by atoms with Gasteiger partial charge in [-0.2, -0.15) is 0 Å². The van der Waals surface area contributed by atoms with E-state index in [9.17, 15) is 0 Å². The topological polar surface area (TPSA) is 57.0 Å². The van der Waals surface area contributed by atoms with Crippen molar-refractivity contribution in [2.75, 3.05) is 0 Å². The van der Waals surface area contributed by atoms with Crippen LogP contribution in [0, 0.1) is 0 Å². The second kappa shape index (κ2) is 11.1. The van der Waals surface area contributed by atoms with Crippen LogP contribution in [0.25, 0.3) is 136 Å². The molecule has 58 heavy (non-hydrogen) atoms. The lowest BCUT2D eigenvalue weighted by Crippen LogP contribution is -1.99. The Morgan fingerprint density at radius 3 is 1.76 bits per heavy atom. The zero-order valence-corrected chi connectivity index (χ0v) is 31.5. The normalized spacial score (nSPS) is 12.5. The van der Waals surface area contributed by atoms with E-state index in [2.05, 4.69) is 132 Å². The first-order valence-corrected chi connectivity index (χ1v) is 20.3. The first kappa shape index (κ1) is 30.7. The lowest BCUT2D eigenvalue weighted by Gasteiger charge is -2.15. The zero-order chi connectivity index (χ0) is 37.6. The molecule has 0 aliphatic rings. The number of nitrogens with zero attached hydrogens (tertiary/aromatic N) is 3. The summed E-state index contributed by atoms with van der Waals surface area (Å²) in [6.45, 7) is 0. The highest BCUT2D eigenvalue weighted by Gasteiger charge is 2.25. The summed E-state index contributed by atoms with van der Waals surface area (Å²) in [5.41, 5.74) is 9.82. The summed E-state index contributed by atoms with van der Waals surface area (Å²) in [6.07, 6.45) is 0. The highest BCUT2D eigenvalue weighted by atomic mass is 32.1. The molecule has 5 aromatic heterocycles. The molecule has 0 radical (unpaired) electrons. The fourth-order valence-corrected chi connectivity index (χ4v) is 10.9. The molecule has 0 aliphatic carbocycles. The molecule has 0 atom stereocenters. The van der Waals surface area contributed by atoms with Crippen LogP contribution in [-0.4, -0.2) is 14.5 Å². The molecule has 14 aromatic rings. The van der Waals surface area contributed by atoms with Crippen molar-refractivity contribution in [3.63, 3.8) is 0 Å². The van der Waals surface area contributed by atoms with Gasteiger partial charge in [-0.25, -0.2) is 9.97 Å². The molecule has 0 bridgehead atoms. The van der Waals surface area contributed by atoms with Crippen molar-refractivity contribution in [1.29, 1.82) is 0 Å². The van der Waals surface area contributed by atoms with Crippen molar-refractivity contribution in [2.45, 2.75) is 0 Å². The Kier molecular flexibility index (Phi) is 5.85. The Morgan fingerprint density at radius 1 is 0.414 bits per heavy atom. The number of para-hydroxylation sites is 3. The SMILES string of the molecule is c1ccc2c(c1)oc1c(-c3nc(-c4ccc(-n5c6ccc7cccc8sc9cccc%10ccc5c(c%109)c6c78)c5ccccc45)nc4c3oc3ccccc34)cccc12. The van der Waals surface area contributed by atoms with E-state index >= 15 is 0 Å². The van der Waals surface area contributed by atoms with E-state index in [1.54, 1.807) is 0 Å². The van der Waals surface area contributed by atoms with Crippen molar-refractivity contribution in [3.05, 3.63) is 164 Å². The molecule has 0 aliphatic heterocycles. The molecule has 0 unspecified atom stereocenters. The van der Waals surface area contributed by atoms with Gasteiger partial charge < -0.3 is 13.4 Å². The third kappa shape index (κ3) is 3.94. The number of hydrogen-bond donors (Lipinski definition) is 0. The smallest absolute Gasteiger partial charge is 0.180 e. The summed E-state index contributed by atoms with van der Waals surface area (Å²) in [5, 5.41) is 13.0. The van der Waals surface area contributed by atoms with Crippen molar-refractivity contribution in [2.24, 2.45) is 0 Å². The van der Waals surface area contributed by atoms with Gasteiger partial charge in [0.1, 0.15) is 28.0 Å². The Hall–Kier alpha value is -7.54.